The van der Waals surface area contributed by atoms with Crippen LogP contribution in [0.15, 0.2) is 47.2 Å². The Labute approximate surface area is 164 Å². The minimum atomic E-state index is -0.0646. The molecule has 2 saturated heterocycles. The van der Waals surface area contributed by atoms with Crippen LogP contribution in [0.5, 0.6) is 0 Å². The Balaban J connectivity index is 1.31. The van der Waals surface area contributed by atoms with Gasteiger partial charge in [0.05, 0.1) is 18.2 Å². The molecule has 0 N–H and O–H groups in total. The van der Waals surface area contributed by atoms with Crippen molar-refractivity contribution in [2.24, 2.45) is 0 Å². The summed E-state index contributed by atoms with van der Waals surface area (Å²) in [5.74, 6) is 0.284. The van der Waals surface area contributed by atoms with E-state index in [0.717, 1.165) is 32.5 Å². The molecule has 2 fully saturated rings. The van der Waals surface area contributed by atoms with Crippen LogP contribution in [-0.2, 0) is 22.6 Å². The number of piperidine rings is 1. The molecule has 0 bridgehead atoms. The summed E-state index contributed by atoms with van der Waals surface area (Å²) >= 11 is 0. The molecular weight excluding hydrogens is 356 g/mol. The summed E-state index contributed by atoms with van der Waals surface area (Å²) in [4.78, 5) is 31.5. The van der Waals surface area contributed by atoms with Gasteiger partial charge in [-0.1, -0.05) is 35.5 Å². The number of nitrogens with zero attached hydrogens (tertiary/aromatic N) is 4. The van der Waals surface area contributed by atoms with Crippen molar-refractivity contribution in [3.05, 3.63) is 53.9 Å². The molecule has 0 aliphatic carbocycles. The van der Waals surface area contributed by atoms with Crippen LogP contribution in [0.2, 0.25) is 0 Å². The summed E-state index contributed by atoms with van der Waals surface area (Å²) in [5, 5.41) is 3.81. The molecule has 7 nitrogen and oxygen atoms in total. The molecule has 0 radical (unpaired) electrons. The summed E-state index contributed by atoms with van der Waals surface area (Å²) < 4.78 is 4.79. The van der Waals surface area contributed by atoms with Crippen LogP contribution in [0.25, 0.3) is 0 Å². The predicted molar refractivity (Wildman–Crippen MR) is 103 cm³/mol. The lowest BCUT2D eigenvalue weighted by Crippen LogP contribution is -2.58. The lowest BCUT2D eigenvalue weighted by molar-refractivity contribution is -0.142. The van der Waals surface area contributed by atoms with Gasteiger partial charge >= 0.3 is 0 Å². The van der Waals surface area contributed by atoms with Crippen molar-refractivity contribution in [3.8, 4) is 0 Å². The van der Waals surface area contributed by atoms with Crippen LogP contribution < -0.4 is 0 Å². The largest absolute Gasteiger partial charge is 0.364 e. The van der Waals surface area contributed by atoms with E-state index in [4.69, 9.17) is 4.52 Å². The predicted octanol–water partition coefficient (Wildman–Crippen LogP) is 1.55. The molecule has 0 unspecified atom stereocenters. The third kappa shape index (κ3) is 4.25. The molecule has 1 atom stereocenters. The van der Waals surface area contributed by atoms with Gasteiger partial charge in [-0.25, -0.2) is 0 Å². The first-order chi connectivity index (χ1) is 13.7. The Morgan fingerprint density at radius 1 is 1.07 bits per heavy atom. The quantitative estimate of drug-likeness (QED) is 0.785. The van der Waals surface area contributed by atoms with E-state index in [2.05, 4.69) is 22.2 Å². The van der Waals surface area contributed by atoms with Gasteiger partial charge < -0.3 is 14.3 Å². The minimum Gasteiger partial charge on any atom is -0.364 e. The normalized spacial score (nSPS) is 21.1. The van der Waals surface area contributed by atoms with Crippen molar-refractivity contribution in [3.63, 3.8) is 0 Å². The zero-order chi connectivity index (χ0) is 19.3. The second-order valence-electron chi connectivity index (χ2n) is 7.49. The van der Waals surface area contributed by atoms with E-state index in [9.17, 15) is 9.59 Å². The summed E-state index contributed by atoms with van der Waals surface area (Å²) in [6, 6.07) is 11.8. The molecule has 2 aliphatic rings. The smallest absolute Gasteiger partial charge is 0.240 e. The number of hydrogen-bond donors (Lipinski definition) is 0. The molecule has 3 heterocycles. The van der Waals surface area contributed by atoms with Crippen LogP contribution in [0.1, 0.15) is 24.1 Å². The maximum Gasteiger partial charge on any atom is 0.240 e. The van der Waals surface area contributed by atoms with Crippen molar-refractivity contribution in [2.45, 2.75) is 31.8 Å². The maximum atomic E-state index is 13.0. The highest BCUT2D eigenvalue weighted by Crippen LogP contribution is 2.21. The summed E-state index contributed by atoms with van der Waals surface area (Å²) in [7, 11) is 0. The number of benzene rings is 1. The first-order valence-corrected chi connectivity index (χ1v) is 9.94. The second kappa shape index (κ2) is 8.56. The molecule has 2 amide bonds. The van der Waals surface area contributed by atoms with E-state index in [-0.39, 0.29) is 24.3 Å². The van der Waals surface area contributed by atoms with Crippen LogP contribution in [-0.4, -0.2) is 70.4 Å². The van der Waals surface area contributed by atoms with E-state index in [0.29, 0.717) is 25.3 Å². The van der Waals surface area contributed by atoms with Crippen LogP contribution in [0.4, 0.5) is 0 Å². The molecule has 7 heteroatoms. The summed E-state index contributed by atoms with van der Waals surface area (Å²) in [5.41, 5.74) is 1.83. The average molecular weight is 382 g/mol. The minimum absolute atomic E-state index is 0.0641. The maximum absolute atomic E-state index is 13.0. The fourth-order valence-corrected chi connectivity index (χ4v) is 4.10. The number of carbonyl (C=O) groups is 2. The fraction of sp³-hybridized carbons (Fsp3) is 0.476. The van der Waals surface area contributed by atoms with Crippen molar-refractivity contribution in [1.29, 1.82) is 0 Å². The first kappa shape index (κ1) is 18.7. The van der Waals surface area contributed by atoms with E-state index >= 15 is 0 Å². The standard InChI is InChI=1S/C21H26N4O3/c26-20(15-18-8-14-28-22-18)24-12-10-23(11-13-24)19-7-4-9-25(21(19)27)16-17-5-2-1-3-6-17/h1-3,5-6,8,14,19H,4,7,9-13,15-16H2/t19-/m1/s1. The van der Waals surface area contributed by atoms with E-state index in [1.54, 1.807) is 6.07 Å². The Bertz CT molecular complexity index is 785. The molecule has 2 aliphatic heterocycles. The summed E-state index contributed by atoms with van der Waals surface area (Å²) in [6.45, 7) is 4.27. The Kier molecular flexibility index (Phi) is 5.71. The van der Waals surface area contributed by atoms with Gasteiger partial charge in [-0.05, 0) is 18.4 Å². The Morgan fingerprint density at radius 2 is 1.86 bits per heavy atom. The van der Waals surface area contributed by atoms with Crippen LogP contribution in [0, 0.1) is 0 Å². The van der Waals surface area contributed by atoms with Gasteiger partial charge in [-0.2, -0.15) is 0 Å². The van der Waals surface area contributed by atoms with Crippen molar-refractivity contribution in [1.82, 2.24) is 19.9 Å². The van der Waals surface area contributed by atoms with Gasteiger partial charge in [0.1, 0.15) is 6.26 Å². The number of rotatable bonds is 5. The fourth-order valence-electron chi connectivity index (χ4n) is 4.10. The number of carbonyl (C=O) groups excluding carboxylic acids is 2. The molecule has 0 saturated carbocycles. The molecule has 148 valence electrons. The van der Waals surface area contributed by atoms with Gasteiger partial charge in [-0.3, -0.25) is 14.5 Å². The molecular formula is C21H26N4O3. The van der Waals surface area contributed by atoms with Gasteiger partial charge in [0.2, 0.25) is 11.8 Å². The molecule has 4 rings (SSSR count). The van der Waals surface area contributed by atoms with E-state index in [1.165, 1.54) is 11.8 Å². The van der Waals surface area contributed by atoms with Crippen molar-refractivity contribution in [2.75, 3.05) is 32.7 Å². The molecule has 28 heavy (non-hydrogen) atoms. The van der Waals surface area contributed by atoms with E-state index in [1.807, 2.05) is 28.0 Å². The number of amides is 2. The van der Waals surface area contributed by atoms with E-state index < -0.39 is 0 Å². The Morgan fingerprint density at radius 3 is 2.57 bits per heavy atom. The van der Waals surface area contributed by atoms with Crippen molar-refractivity contribution < 1.29 is 14.1 Å². The molecule has 2 aromatic rings. The summed E-state index contributed by atoms with van der Waals surface area (Å²) in [6.07, 6.45) is 3.67. The van der Waals surface area contributed by atoms with Gasteiger partial charge in [0.25, 0.3) is 0 Å². The van der Waals surface area contributed by atoms with Crippen molar-refractivity contribution >= 4 is 11.8 Å². The molecule has 0 spiro atoms. The topological polar surface area (TPSA) is 69.9 Å². The monoisotopic (exact) mass is 382 g/mol. The van der Waals surface area contributed by atoms with Gasteiger partial charge in [0.15, 0.2) is 0 Å². The number of aromatic nitrogens is 1. The lowest BCUT2D eigenvalue weighted by Gasteiger charge is -2.42. The zero-order valence-corrected chi connectivity index (χ0v) is 16.0. The SMILES string of the molecule is O=C(Cc1ccon1)N1CCN([C@@H]2CCCN(Cc3ccccc3)C2=O)CC1. The average Bonchev–Trinajstić information content (AvgIpc) is 3.24. The lowest BCUT2D eigenvalue weighted by atomic mass is 10.0. The molecule has 1 aromatic heterocycles. The highest BCUT2D eigenvalue weighted by atomic mass is 16.5. The number of likely N-dealkylation sites (tertiary alicyclic amines) is 1. The highest BCUT2D eigenvalue weighted by Gasteiger charge is 2.35. The van der Waals surface area contributed by atoms with Gasteiger partial charge in [-0.15, -0.1) is 0 Å². The van der Waals surface area contributed by atoms with Gasteiger partial charge in [0, 0.05) is 45.3 Å². The third-order valence-electron chi connectivity index (χ3n) is 5.65. The van der Waals surface area contributed by atoms with Crippen LogP contribution >= 0.6 is 0 Å². The van der Waals surface area contributed by atoms with Crippen LogP contribution in [0.3, 0.4) is 0 Å². The first-order valence-electron chi connectivity index (χ1n) is 9.94. The zero-order valence-electron chi connectivity index (χ0n) is 16.0. The number of piperazine rings is 1. The number of hydrogen-bond acceptors (Lipinski definition) is 5. The second-order valence-corrected chi connectivity index (χ2v) is 7.49. The third-order valence-corrected chi connectivity index (χ3v) is 5.65. The molecule has 1 aromatic carbocycles. The Hall–Kier alpha value is -2.67. The highest BCUT2D eigenvalue weighted by molar-refractivity contribution is 5.83.